The molecule has 0 amide bonds. The van der Waals surface area contributed by atoms with E-state index in [0.29, 0.717) is 0 Å². The smallest absolute Gasteiger partial charge is 0.191 e. The average Bonchev–Trinajstić information content (AvgIpc) is 3.46. The second-order valence-electron chi connectivity index (χ2n) is 8.21. The highest BCUT2D eigenvalue weighted by Gasteiger charge is 2.24. The zero-order valence-electron chi connectivity index (χ0n) is 19.8. The number of ether oxygens (including phenoxy) is 1. The van der Waals surface area contributed by atoms with Crippen LogP contribution in [0.5, 0.6) is 5.75 Å². The number of methoxy groups -OCH3 is 1. The van der Waals surface area contributed by atoms with Gasteiger partial charge in [-0.05, 0) is 62.7 Å². The Labute approximate surface area is 213 Å². The lowest BCUT2D eigenvalue weighted by Gasteiger charge is -2.29. The molecule has 7 nitrogen and oxygen atoms in total. The number of hydrogen-bond acceptors (Lipinski definition) is 4. The van der Waals surface area contributed by atoms with E-state index in [9.17, 15) is 0 Å². The Balaban J connectivity index is 0.00000306. The van der Waals surface area contributed by atoms with Gasteiger partial charge in [-0.3, -0.25) is 9.89 Å². The lowest BCUT2D eigenvalue weighted by molar-refractivity contribution is 0.245. The molecule has 1 aromatic heterocycles. The molecule has 1 saturated heterocycles. The van der Waals surface area contributed by atoms with E-state index >= 15 is 0 Å². The first-order valence-corrected chi connectivity index (χ1v) is 11.4. The lowest BCUT2D eigenvalue weighted by Crippen LogP contribution is -2.43. The van der Waals surface area contributed by atoms with Crippen LogP contribution in [0.25, 0.3) is 11.0 Å². The van der Waals surface area contributed by atoms with Crippen molar-refractivity contribution in [1.82, 2.24) is 25.1 Å². The molecule has 0 saturated carbocycles. The third kappa shape index (κ3) is 6.17. The Morgan fingerprint density at radius 3 is 2.67 bits per heavy atom. The average molecular weight is 563 g/mol. The van der Waals surface area contributed by atoms with Gasteiger partial charge >= 0.3 is 0 Å². The maximum absolute atomic E-state index is 5.46. The molecule has 2 heterocycles. The van der Waals surface area contributed by atoms with Crippen molar-refractivity contribution in [2.24, 2.45) is 4.99 Å². The van der Waals surface area contributed by atoms with E-state index < -0.39 is 0 Å². The summed E-state index contributed by atoms with van der Waals surface area (Å²) in [5, 5.41) is 7.01. The molecule has 4 rings (SSSR count). The van der Waals surface area contributed by atoms with E-state index in [4.69, 9.17) is 4.74 Å². The molecule has 3 aromatic rings. The largest absolute Gasteiger partial charge is 0.497 e. The van der Waals surface area contributed by atoms with Crippen LogP contribution in [0, 0.1) is 6.92 Å². The normalized spacial score (nSPS) is 15.3. The monoisotopic (exact) mass is 562 g/mol. The maximum atomic E-state index is 5.46. The Morgan fingerprint density at radius 2 is 1.91 bits per heavy atom. The number of aryl methyl sites for hydroxylation is 1. The number of aromatic nitrogens is 2. The summed E-state index contributed by atoms with van der Waals surface area (Å²) in [6.45, 7) is 6.71. The van der Waals surface area contributed by atoms with E-state index in [-0.39, 0.29) is 30.0 Å². The molecule has 0 bridgehead atoms. The van der Waals surface area contributed by atoms with Crippen molar-refractivity contribution in [1.29, 1.82) is 0 Å². The van der Waals surface area contributed by atoms with Crippen LogP contribution in [0.3, 0.4) is 0 Å². The highest BCUT2D eigenvalue weighted by Crippen LogP contribution is 2.27. The molecule has 2 N–H and O–H groups in total. The number of aliphatic imine (C=N–C) groups is 1. The third-order valence-corrected chi connectivity index (χ3v) is 6.22. The highest BCUT2D eigenvalue weighted by atomic mass is 127. The Morgan fingerprint density at radius 1 is 1.12 bits per heavy atom. The van der Waals surface area contributed by atoms with Crippen LogP contribution in [-0.2, 0) is 6.54 Å². The van der Waals surface area contributed by atoms with Gasteiger partial charge in [0, 0.05) is 26.7 Å². The number of hydrogen-bond donors (Lipinski definition) is 2. The van der Waals surface area contributed by atoms with E-state index in [0.717, 1.165) is 55.8 Å². The van der Waals surface area contributed by atoms with Crippen LogP contribution >= 0.6 is 24.0 Å². The molecular weight excluding hydrogens is 527 g/mol. The van der Waals surface area contributed by atoms with Crippen molar-refractivity contribution in [2.45, 2.75) is 32.4 Å². The standard InChI is InChI=1S/C25H34N6O.HI/c1-19-29-22-11-4-5-12-23(22)31(19)16-13-27-25(26-2)28-18-24(30-14-6-7-15-30)20-9-8-10-21(17-20)32-3;/h4-5,8-12,17,24H,6-7,13-16,18H2,1-3H3,(H2,26,27,28);1H. The molecule has 0 radical (unpaired) electrons. The number of rotatable bonds is 8. The molecule has 8 heteroatoms. The summed E-state index contributed by atoms with van der Waals surface area (Å²) in [7, 11) is 3.54. The summed E-state index contributed by atoms with van der Waals surface area (Å²) in [6, 6.07) is 17.0. The van der Waals surface area contributed by atoms with E-state index in [1.165, 1.54) is 23.9 Å². The van der Waals surface area contributed by atoms with E-state index in [2.05, 4.69) is 73.4 Å². The van der Waals surface area contributed by atoms with Crippen molar-refractivity contribution in [2.75, 3.05) is 40.3 Å². The molecule has 1 unspecified atom stereocenters. The molecule has 0 aliphatic carbocycles. The number of halogens is 1. The summed E-state index contributed by atoms with van der Waals surface area (Å²) >= 11 is 0. The molecule has 2 aromatic carbocycles. The minimum atomic E-state index is 0. The number of imidazole rings is 1. The second-order valence-corrected chi connectivity index (χ2v) is 8.21. The molecule has 178 valence electrons. The Bertz CT molecular complexity index is 1060. The topological polar surface area (TPSA) is 66.7 Å². The third-order valence-electron chi connectivity index (χ3n) is 6.22. The number of nitrogens with one attached hydrogen (secondary N) is 2. The van der Waals surface area contributed by atoms with Gasteiger partial charge in [0.25, 0.3) is 0 Å². The number of likely N-dealkylation sites (tertiary alicyclic amines) is 1. The van der Waals surface area contributed by atoms with Gasteiger partial charge < -0.3 is 19.9 Å². The molecule has 0 spiro atoms. The zero-order valence-corrected chi connectivity index (χ0v) is 22.1. The predicted octanol–water partition coefficient (Wildman–Crippen LogP) is 3.97. The second kappa shape index (κ2) is 12.2. The van der Waals surface area contributed by atoms with Crippen LogP contribution in [0.4, 0.5) is 0 Å². The highest BCUT2D eigenvalue weighted by molar-refractivity contribution is 14.0. The number of guanidine groups is 1. The van der Waals surface area contributed by atoms with Crippen LogP contribution in [0.15, 0.2) is 53.5 Å². The summed E-state index contributed by atoms with van der Waals surface area (Å²) < 4.78 is 7.71. The van der Waals surface area contributed by atoms with Crippen molar-refractivity contribution in [3.63, 3.8) is 0 Å². The summed E-state index contributed by atoms with van der Waals surface area (Å²) in [6.07, 6.45) is 2.51. The SMILES string of the molecule is CN=C(NCCn1c(C)nc2ccccc21)NCC(c1cccc(OC)c1)N1CCCC1.I. The number of nitrogens with zero attached hydrogens (tertiary/aromatic N) is 4. The first-order valence-electron chi connectivity index (χ1n) is 11.4. The number of fused-ring (bicyclic) bond motifs is 1. The zero-order chi connectivity index (χ0) is 22.3. The molecule has 1 atom stereocenters. The minimum absolute atomic E-state index is 0. The van der Waals surface area contributed by atoms with Crippen molar-refractivity contribution < 1.29 is 4.74 Å². The fraction of sp³-hybridized carbons (Fsp3) is 0.440. The van der Waals surface area contributed by atoms with E-state index in [1.807, 2.05) is 19.2 Å². The van der Waals surface area contributed by atoms with Crippen molar-refractivity contribution in [3.05, 3.63) is 59.9 Å². The van der Waals surface area contributed by atoms with Gasteiger partial charge in [-0.25, -0.2) is 4.98 Å². The van der Waals surface area contributed by atoms with Gasteiger partial charge in [-0.2, -0.15) is 0 Å². The molecule has 1 fully saturated rings. The van der Waals surface area contributed by atoms with Gasteiger partial charge in [0.2, 0.25) is 0 Å². The van der Waals surface area contributed by atoms with Crippen LogP contribution in [0.2, 0.25) is 0 Å². The van der Waals surface area contributed by atoms with Crippen LogP contribution < -0.4 is 15.4 Å². The summed E-state index contributed by atoms with van der Waals surface area (Å²) in [5.41, 5.74) is 3.48. The molecular formula is C25H35IN6O. The molecule has 1 aliphatic heterocycles. The fourth-order valence-corrected chi connectivity index (χ4v) is 4.54. The lowest BCUT2D eigenvalue weighted by atomic mass is 10.1. The van der Waals surface area contributed by atoms with Crippen molar-refractivity contribution >= 4 is 41.0 Å². The van der Waals surface area contributed by atoms with Gasteiger partial charge in [0.05, 0.1) is 24.2 Å². The first kappa shape index (κ1) is 25.3. The summed E-state index contributed by atoms with van der Waals surface area (Å²) in [4.78, 5) is 11.7. The maximum Gasteiger partial charge on any atom is 0.191 e. The van der Waals surface area contributed by atoms with Crippen molar-refractivity contribution in [3.8, 4) is 5.75 Å². The number of para-hydroxylation sites is 2. The quantitative estimate of drug-likeness (QED) is 0.247. The van der Waals surface area contributed by atoms with Gasteiger partial charge in [-0.1, -0.05) is 24.3 Å². The summed E-state index contributed by atoms with van der Waals surface area (Å²) in [5.74, 6) is 2.75. The van der Waals surface area contributed by atoms with Gasteiger partial charge in [0.1, 0.15) is 11.6 Å². The van der Waals surface area contributed by atoms with Gasteiger partial charge in [0.15, 0.2) is 5.96 Å². The minimum Gasteiger partial charge on any atom is -0.497 e. The molecule has 33 heavy (non-hydrogen) atoms. The van der Waals surface area contributed by atoms with E-state index in [1.54, 1.807) is 7.11 Å². The number of benzene rings is 2. The van der Waals surface area contributed by atoms with Crippen LogP contribution in [-0.4, -0.2) is 60.7 Å². The fourth-order valence-electron chi connectivity index (χ4n) is 4.54. The predicted molar refractivity (Wildman–Crippen MR) is 146 cm³/mol. The molecule has 1 aliphatic rings. The van der Waals surface area contributed by atoms with Crippen LogP contribution in [0.1, 0.15) is 30.3 Å². The first-order chi connectivity index (χ1) is 15.7. The van der Waals surface area contributed by atoms with Gasteiger partial charge in [-0.15, -0.1) is 24.0 Å². The Hall–Kier alpha value is -2.33. The Kier molecular flexibility index (Phi) is 9.37.